The van der Waals surface area contributed by atoms with Crippen LogP contribution in [0.15, 0.2) is 30.9 Å². The molecular formula is C20H26N8O. The Hall–Kier alpha value is -2.78. The van der Waals surface area contributed by atoms with E-state index in [9.17, 15) is 0 Å². The van der Waals surface area contributed by atoms with Gasteiger partial charge in [-0.25, -0.2) is 15.0 Å². The molecule has 2 aliphatic rings. The summed E-state index contributed by atoms with van der Waals surface area (Å²) in [4.78, 5) is 22.8. The van der Waals surface area contributed by atoms with Gasteiger partial charge in [-0.05, 0) is 19.9 Å². The van der Waals surface area contributed by atoms with E-state index in [-0.39, 0.29) is 0 Å². The van der Waals surface area contributed by atoms with E-state index >= 15 is 0 Å². The number of rotatable bonds is 5. The van der Waals surface area contributed by atoms with Crippen LogP contribution in [-0.4, -0.2) is 74.8 Å². The van der Waals surface area contributed by atoms with Gasteiger partial charge >= 0.3 is 0 Å². The van der Waals surface area contributed by atoms with Gasteiger partial charge < -0.3 is 19.5 Å². The number of imidazole rings is 1. The topological polar surface area (TPSA) is 84.2 Å². The molecule has 2 aliphatic heterocycles. The maximum Gasteiger partial charge on any atom is 0.227 e. The predicted molar refractivity (Wildman–Crippen MR) is 112 cm³/mol. The monoisotopic (exact) mass is 394 g/mol. The third-order valence-corrected chi connectivity index (χ3v) is 5.65. The SMILES string of the molecule is CC(C)n1cnc2cnc(Nc3ccnc(N4CCN(C5COC5)CC4)n3)cc21. The highest BCUT2D eigenvalue weighted by molar-refractivity contribution is 5.78. The van der Waals surface area contributed by atoms with E-state index in [1.807, 2.05) is 18.5 Å². The van der Waals surface area contributed by atoms with Crippen LogP contribution in [0.5, 0.6) is 0 Å². The lowest BCUT2D eigenvalue weighted by molar-refractivity contribution is -0.0661. The van der Waals surface area contributed by atoms with Crippen LogP contribution in [0.2, 0.25) is 0 Å². The highest BCUT2D eigenvalue weighted by atomic mass is 16.5. The lowest BCUT2D eigenvalue weighted by atomic mass is 10.2. The first-order chi connectivity index (χ1) is 14.2. The zero-order valence-electron chi connectivity index (χ0n) is 16.8. The van der Waals surface area contributed by atoms with Gasteiger partial charge in [-0.1, -0.05) is 0 Å². The third kappa shape index (κ3) is 3.63. The molecule has 0 atom stereocenters. The first-order valence-corrected chi connectivity index (χ1v) is 10.2. The number of ether oxygens (including phenoxy) is 1. The molecule has 152 valence electrons. The Labute approximate surface area is 169 Å². The van der Waals surface area contributed by atoms with Crippen molar-refractivity contribution in [2.24, 2.45) is 0 Å². The number of nitrogens with one attached hydrogen (secondary N) is 1. The minimum Gasteiger partial charge on any atom is -0.378 e. The number of pyridine rings is 1. The summed E-state index contributed by atoms with van der Waals surface area (Å²) in [5.41, 5.74) is 1.95. The van der Waals surface area contributed by atoms with Crippen molar-refractivity contribution in [2.75, 3.05) is 49.6 Å². The molecule has 0 radical (unpaired) electrons. The van der Waals surface area contributed by atoms with Gasteiger partial charge in [-0.2, -0.15) is 4.98 Å². The summed E-state index contributed by atoms with van der Waals surface area (Å²) >= 11 is 0. The van der Waals surface area contributed by atoms with Crippen molar-refractivity contribution < 1.29 is 4.74 Å². The number of fused-ring (bicyclic) bond motifs is 1. The van der Waals surface area contributed by atoms with Crippen LogP contribution in [0.3, 0.4) is 0 Å². The molecule has 9 heteroatoms. The molecule has 3 aromatic rings. The Kier molecular flexibility index (Phi) is 4.76. The molecule has 29 heavy (non-hydrogen) atoms. The molecule has 0 aliphatic carbocycles. The highest BCUT2D eigenvalue weighted by Crippen LogP contribution is 2.22. The van der Waals surface area contributed by atoms with E-state index in [0.29, 0.717) is 12.1 Å². The molecule has 3 aromatic heterocycles. The van der Waals surface area contributed by atoms with Crippen LogP contribution < -0.4 is 10.2 Å². The first-order valence-electron chi connectivity index (χ1n) is 10.2. The maximum atomic E-state index is 5.31. The van der Waals surface area contributed by atoms with Crippen molar-refractivity contribution in [3.8, 4) is 0 Å². The molecule has 2 fully saturated rings. The van der Waals surface area contributed by atoms with Gasteiger partial charge in [0.15, 0.2) is 0 Å². The zero-order valence-corrected chi connectivity index (χ0v) is 16.8. The average Bonchev–Trinajstić information content (AvgIpc) is 3.11. The van der Waals surface area contributed by atoms with E-state index in [4.69, 9.17) is 9.72 Å². The quantitative estimate of drug-likeness (QED) is 0.704. The largest absolute Gasteiger partial charge is 0.378 e. The van der Waals surface area contributed by atoms with Gasteiger partial charge in [0, 0.05) is 44.5 Å². The number of nitrogens with zero attached hydrogens (tertiary/aromatic N) is 7. The number of anilines is 3. The number of piperazine rings is 1. The molecule has 0 bridgehead atoms. The molecule has 5 rings (SSSR count). The van der Waals surface area contributed by atoms with Gasteiger partial charge in [-0.15, -0.1) is 0 Å². The van der Waals surface area contributed by atoms with Crippen LogP contribution in [0, 0.1) is 0 Å². The number of aromatic nitrogens is 5. The Morgan fingerprint density at radius 2 is 1.90 bits per heavy atom. The smallest absolute Gasteiger partial charge is 0.227 e. The first kappa shape index (κ1) is 18.3. The molecular weight excluding hydrogens is 368 g/mol. The molecule has 1 N–H and O–H groups in total. The molecule has 5 heterocycles. The minimum atomic E-state index is 0.339. The summed E-state index contributed by atoms with van der Waals surface area (Å²) in [6.07, 6.45) is 5.45. The summed E-state index contributed by atoms with van der Waals surface area (Å²) in [5, 5.41) is 3.32. The molecule has 0 saturated carbocycles. The number of hydrogen-bond donors (Lipinski definition) is 1. The summed E-state index contributed by atoms with van der Waals surface area (Å²) in [5.74, 6) is 2.25. The van der Waals surface area contributed by atoms with Gasteiger partial charge in [0.05, 0.1) is 37.3 Å². The summed E-state index contributed by atoms with van der Waals surface area (Å²) in [7, 11) is 0. The lowest BCUT2D eigenvalue weighted by Gasteiger charge is -2.42. The fourth-order valence-electron chi connectivity index (χ4n) is 3.83. The molecule has 0 amide bonds. The van der Waals surface area contributed by atoms with Gasteiger partial charge in [0.2, 0.25) is 5.95 Å². The molecule has 0 spiro atoms. The Balaban J connectivity index is 1.30. The van der Waals surface area contributed by atoms with Gasteiger partial charge in [0.25, 0.3) is 0 Å². The summed E-state index contributed by atoms with van der Waals surface area (Å²) < 4.78 is 7.45. The second-order valence-electron chi connectivity index (χ2n) is 7.89. The van der Waals surface area contributed by atoms with Crippen molar-refractivity contribution in [3.63, 3.8) is 0 Å². The minimum absolute atomic E-state index is 0.339. The maximum absolute atomic E-state index is 5.31. The van der Waals surface area contributed by atoms with Crippen molar-refractivity contribution in [1.82, 2.24) is 29.4 Å². The standard InChI is InChI=1S/C20H26N8O/c1-14(2)28-13-23-16-10-22-19(9-17(16)28)24-18-3-4-21-20(25-18)27-7-5-26(6-8-27)15-11-29-12-15/h3-4,9-10,13-15H,5-8,11-12H2,1-2H3,(H,21,22,24,25). The van der Waals surface area contributed by atoms with Crippen LogP contribution in [0.4, 0.5) is 17.6 Å². The van der Waals surface area contributed by atoms with E-state index in [2.05, 4.69) is 48.5 Å². The fraction of sp³-hybridized carbons (Fsp3) is 0.500. The van der Waals surface area contributed by atoms with Gasteiger partial charge in [0.1, 0.15) is 17.2 Å². The molecule has 9 nitrogen and oxygen atoms in total. The molecule has 2 saturated heterocycles. The Morgan fingerprint density at radius 1 is 1.07 bits per heavy atom. The third-order valence-electron chi connectivity index (χ3n) is 5.65. The predicted octanol–water partition coefficient (Wildman–Crippen LogP) is 2.07. The van der Waals surface area contributed by atoms with Gasteiger partial charge in [-0.3, -0.25) is 4.90 Å². The zero-order chi connectivity index (χ0) is 19.8. The van der Waals surface area contributed by atoms with Crippen LogP contribution >= 0.6 is 0 Å². The normalized spacial score (nSPS) is 18.4. The van der Waals surface area contributed by atoms with Crippen molar-refractivity contribution in [3.05, 3.63) is 30.9 Å². The van der Waals surface area contributed by atoms with E-state index in [0.717, 1.165) is 68.0 Å². The lowest BCUT2D eigenvalue weighted by Crippen LogP contribution is -2.56. The molecule has 0 aromatic carbocycles. The van der Waals surface area contributed by atoms with E-state index in [1.165, 1.54) is 0 Å². The van der Waals surface area contributed by atoms with Crippen molar-refractivity contribution in [2.45, 2.75) is 25.9 Å². The van der Waals surface area contributed by atoms with Crippen LogP contribution in [-0.2, 0) is 4.74 Å². The Morgan fingerprint density at radius 3 is 2.62 bits per heavy atom. The summed E-state index contributed by atoms with van der Waals surface area (Å²) in [6, 6.07) is 4.82. The number of hydrogen-bond acceptors (Lipinski definition) is 8. The van der Waals surface area contributed by atoms with Crippen LogP contribution in [0.1, 0.15) is 19.9 Å². The second-order valence-corrected chi connectivity index (χ2v) is 7.89. The van der Waals surface area contributed by atoms with Crippen molar-refractivity contribution in [1.29, 1.82) is 0 Å². The van der Waals surface area contributed by atoms with E-state index < -0.39 is 0 Å². The summed E-state index contributed by atoms with van der Waals surface area (Å²) in [6.45, 7) is 9.91. The molecule has 0 unspecified atom stereocenters. The second kappa shape index (κ2) is 7.57. The van der Waals surface area contributed by atoms with E-state index in [1.54, 1.807) is 12.4 Å². The van der Waals surface area contributed by atoms with Crippen LogP contribution in [0.25, 0.3) is 11.0 Å². The Bertz CT molecular complexity index is 991. The average molecular weight is 394 g/mol. The fourth-order valence-corrected chi connectivity index (χ4v) is 3.83. The highest BCUT2D eigenvalue weighted by Gasteiger charge is 2.29. The van der Waals surface area contributed by atoms with Crippen molar-refractivity contribution >= 4 is 28.6 Å².